The number of likely N-dealkylation sites (N-methyl/N-ethyl adjacent to an activating group) is 1. The van der Waals surface area contributed by atoms with E-state index in [0.29, 0.717) is 12.3 Å². The fourth-order valence-corrected chi connectivity index (χ4v) is 2.71. The summed E-state index contributed by atoms with van der Waals surface area (Å²) in [6, 6.07) is 6.07. The van der Waals surface area contributed by atoms with Crippen molar-refractivity contribution in [2.75, 3.05) is 13.6 Å². The average molecular weight is 270 g/mol. The van der Waals surface area contributed by atoms with Gasteiger partial charge in [0.15, 0.2) is 0 Å². The first kappa shape index (κ1) is 13.3. The van der Waals surface area contributed by atoms with Crippen molar-refractivity contribution in [2.45, 2.75) is 24.6 Å². The summed E-state index contributed by atoms with van der Waals surface area (Å²) in [7, 11) is 1.81. The topological polar surface area (TPSA) is 20.3 Å². The number of benzene rings is 1. The minimum absolute atomic E-state index is 0.0691. The summed E-state index contributed by atoms with van der Waals surface area (Å²) in [4.78, 5) is 13.7. The lowest BCUT2D eigenvalue weighted by molar-refractivity contribution is -0.130. The number of carbonyl (C=O) groups is 1. The molecule has 0 aromatic heterocycles. The molecule has 0 saturated heterocycles. The highest BCUT2D eigenvalue weighted by Crippen LogP contribution is 2.32. The molecule has 4 heteroatoms. The summed E-state index contributed by atoms with van der Waals surface area (Å²) in [6.45, 7) is 0.767. The van der Waals surface area contributed by atoms with E-state index in [0.717, 1.165) is 24.9 Å². The smallest absolute Gasteiger partial charge is 0.226 e. The Labute approximate surface area is 112 Å². The molecule has 0 radical (unpaired) electrons. The Bertz CT molecular complexity index is 414. The van der Waals surface area contributed by atoms with Crippen molar-refractivity contribution in [3.05, 3.63) is 35.6 Å². The largest absolute Gasteiger partial charge is 0.345 e. The van der Waals surface area contributed by atoms with Gasteiger partial charge in [-0.15, -0.1) is 11.6 Å². The van der Waals surface area contributed by atoms with Crippen LogP contribution in [0.4, 0.5) is 4.39 Å². The van der Waals surface area contributed by atoms with Gasteiger partial charge in [0, 0.05) is 19.0 Å². The highest BCUT2D eigenvalue weighted by molar-refractivity contribution is 6.21. The monoisotopic (exact) mass is 269 g/mol. The Morgan fingerprint density at radius 2 is 2.00 bits per heavy atom. The molecule has 0 unspecified atom stereocenters. The molecule has 1 aliphatic rings. The van der Waals surface area contributed by atoms with Crippen molar-refractivity contribution in [3.63, 3.8) is 0 Å². The van der Waals surface area contributed by atoms with Gasteiger partial charge in [-0.05, 0) is 36.5 Å². The molecule has 1 aromatic rings. The number of hydrogen-bond donors (Lipinski definition) is 0. The van der Waals surface area contributed by atoms with E-state index in [1.807, 2.05) is 7.05 Å². The Morgan fingerprint density at radius 1 is 1.39 bits per heavy atom. The molecule has 0 atom stereocenters. The average Bonchev–Trinajstić information content (AvgIpc) is 2.30. The van der Waals surface area contributed by atoms with Crippen molar-refractivity contribution in [3.8, 4) is 0 Å². The molecular formula is C14H17ClFNO. The first-order valence-corrected chi connectivity index (χ1v) is 6.60. The Hall–Kier alpha value is -1.09. The Kier molecular flexibility index (Phi) is 4.23. The van der Waals surface area contributed by atoms with E-state index >= 15 is 0 Å². The normalized spacial score (nSPS) is 22.4. The summed E-state index contributed by atoms with van der Waals surface area (Å²) in [5, 5.41) is 0.288. The lowest BCUT2D eigenvalue weighted by Gasteiger charge is -2.34. The van der Waals surface area contributed by atoms with Crippen LogP contribution >= 0.6 is 11.6 Å². The molecule has 0 spiro atoms. The number of alkyl halides is 1. The molecule has 18 heavy (non-hydrogen) atoms. The van der Waals surface area contributed by atoms with Gasteiger partial charge in [0.25, 0.3) is 0 Å². The van der Waals surface area contributed by atoms with E-state index in [1.54, 1.807) is 17.0 Å². The van der Waals surface area contributed by atoms with E-state index in [2.05, 4.69) is 0 Å². The molecule has 1 fully saturated rings. The standard InChI is InChI=1S/C14H17ClFNO/c1-17(9-11-6-12(15)7-11)14(18)8-10-2-4-13(16)5-3-10/h2-5,11-12H,6-9H2,1H3. The van der Waals surface area contributed by atoms with E-state index in [1.165, 1.54) is 12.1 Å². The maximum atomic E-state index is 12.7. The van der Waals surface area contributed by atoms with E-state index in [9.17, 15) is 9.18 Å². The second kappa shape index (κ2) is 5.70. The fourth-order valence-electron chi connectivity index (χ4n) is 2.20. The number of rotatable bonds is 4. The third-order valence-corrected chi connectivity index (χ3v) is 3.76. The molecular weight excluding hydrogens is 253 g/mol. The Morgan fingerprint density at radius 3 is 2.56 bits per heavy atom. The van der Waals surface area contributed by atoms with Crippen LogP contribution in [0, 0.1) is 11.7 Å². The van der Waals surface area contributed by atoms with E-state index in [-0.39, 0.29) is 17.1 Å². The van der Waals surface area contributed by atoms with Gasteiger partial charge in [-0.25, -0.2) is 4.39 Å². The lowest BCUT2D eigenvalue weighted by Crippen LogP contribution is -2.38. The zero-order valence-corrected chi connectivity index (χ0v) is 11.2. The predicted molar refractivity (Wildman–Crippen MR) is 70.1 cm³/mol. The molecule has 0 heterocycles. The molecule has 98 valence electrons. The second-order valence-electron chi connectivity index (χ2n) is 5.01. The highest BCUT2D eigenvalue weighted by Gasteiger charge is 2.28. The lowest BCUT2D eigenvalue weighted by atomic mass is 9.84. The van der Waals surface area contributed by atoms with E-state index < -0.39 is 0 Å². The molecule has 1 amide bonds. The van der Waals surface area contributed by atoms with Gasteiger partial charge in [0.2, 0.25) is 5.91 Å². The van der Waals surface area contributed by atoms with Crippen molar-refractivity contribution < 1.29 is 9.18 Å². The van der Waals surface area contributed by atoms with Crippen LogP contribution in [0.25, 0.3) is 0 Å². The van der Waals surface area contributed by atoms with Gasteiger partial charge in [-0.2, -0.15) is 0 Å². The van der Waals surface area contributed by atoms with Gasteiger partial charge in [0.1, 0.15) is 5.82 Å². The highest BCUT2D eigenvalue weighted by atomic mass is 35.5. The van der Waals surface area contributed by atoms with Crippen LogP contribution in [0.1, 0.15) is 18.4 Å². The summed E-state index contributed by atoms with van der Waals surface area (Å²) in [5.41, 5.74) is 0.845. The summed E-state index contributed by atoms with van der Waals surface area (Å²) >= 11 is 5.91. The molecule has 0 N–H and O–H groups in total. The quantitative estimate of drug-likeness (QED) is 0.770. The summed E-state index contributed by atoms with van der Waals surface area (Å²) < 4.78 is 12.7. The number of hydrogen-bond acceptors (Lipinski definition) is 1. The van der Waals surface area contributed by atoms with Crippen LogP contribution in [0.2, 0.25) is 0 Å². The van der Waals surface area contributed by atoms with E-state index in [4.69, 9.17) is 11.6 Å². The minimum atomic E-state index is -0.276. The van der Waals surface area contributed by atoms with Crippen LogP contribution < -0.4 is 0 Å². The van der Waals surface area contributed by atoms with Gasteiger partial charge >= 0.3 is 0 Å². The minimum Gasteiger partial charge on any atom is -0.345 e. The predicted octanol–water partition coefficient (Wildman–Crippen LogP) is 2.84. The van der Waals surface area contributed by atoms with Crippen LogP contribution in [0.15, 0.2) is 24.3 Å². The molecule has 0 aliphatic heterocycles. The third-order valence-electron chi connectivity index (χ3n) is 3.40. The molecule has 1 aliphatic carbocycles. The van der Waals surface area contributed by atoms with Crippen molar-refractivity contribution in [1.29, 1.82) is 0 Å². The first-order valence-electron chi connectivity index (χ1n) is 6.17. The number of carbonyl (C=O) groups excluding carboxylic acids is 1. The molecule has 2 rings (SSSR count). The van der Waals surface area contributed by atoms with Crippen molar-refractivity contribution in [2.24, 2.45) is 5.92 Å². The van der Waals surface area contributed by atoms with Gasteiger partial charge < -0.3 is 4.90 Å². The molecule has 0 bridgehead atoms. The molecule has 1 saturated carbocycles. The Balaban J connectivity index is 1.81. The van der Waals surface area contributed by atoms with Crippen LogP contribution in [-0.4, -0.2) is 29.8 Å². The summed E-state index contributed by atoms with van der Waals surface area (Å²) in [5.74, 6) is 0.330. The SMILES string of the molecule is CN(CC1CC(Cl)C1)C(=O)Cc1ccc(F)cc1. The maximum absolute atomic E-state index is 12.7. The van der Waals surface area contributed by atoms with Crippen molar-refractivity contribution >= 4 is 17.5 Å². The van der Waals surface area contributed by atoms with Gasteiger partial charge in [0.05, 0.1) is 6.42 Å². The number of halogens is 2. The first-order chi connectivity index (χ1) is 8.54. The van der Waals surface area contributed by atoms with Crippen LogP contribution in [-0.2, 0) is 11.2 Å². The summed E-state index contributed by atoms with van der Waals surface area (Å²) in [6.07, 6.45) is 2.32. The zero-order chi connectivity index (χ0) is 13.1. The number of amides is 1. The van der Waals surface area contributed by atoms with Crippen LogP contribution in [0.5, 0.6) is 0 Å². The fraction of sp³-hybridized carbons (Fsp3) is 0.500. The maximum Gasteiger partial charge on any atom is 0.226 e. The molecule has 1 aromatic carbocycles. The number of nitrogens with zero attached hydrogens (tertiary/aromatic N) is 1. The zero-order valence-electron chi connectivity index (χ0n) is 10.4. The van der Waals surface area contributed by atoms with Gasteiger partial charge in [-0.3, -0.25) is 4.79 Å². The van der Waals surface area contributed by atoms with Crippen molar-refractivity contribution in [1.82, 2.24) is 4.90 Å². The van der Waals surface area contributed by atoms with Crippen LogP contribution in [0.3, 0.4) is 0 Å². The van der Waals surface area contributed by atoms with Gasteiger partial charge in [-0.1, -0.05) is 12.1 Å². The molecule has 2 nitrogen and oxygen atoms in total. The third kappa shape index (κ3) is 3.45. The second-order valence-corrected chi connectivity index (χ2v) is 5.63.